The van der Waals surface area contributed by atoms with Gasteiger partial charge >= 0.3 is 5.69 Å². The van der Waals surface area contributed by atoms with Gasteiger partial charge in [-0.05, 0) is 36.6 Å². The zero-order chi connectivity index (χ0) is 14.7. The smallest absolute Gasteiger partial charge is 0.311 e. The van der Waals surface area contributed by atoms with E-state index in [4.69, 9.17) is 16.3 Å². The number of rotatable bonds is 4. The van der Waals surface area contributed by atoms with E-state index < -0.39 is 4.92 Å². The van der Waals surface area contributed by atoms with E-state index in [1.807, 2.05) is 6.92 Å². The molecule has 0 radical (unpaired) electrons. The molecular weight excluding hydrogens is 282 g/mol. The van der Waals surface area contributed by atoms with E-state index >= 15 is 0 Å². The van der Waals surface area contributed by atoms with Crippen molar-refractivity contribution in [2.24, 2.45) is 0 Å². The Morgan fingerprint density at radius 2 is 2.20 bits per heavy atom. The minimum absolute atomic E-state index is 0.0263. The van der Waals surface area contributed by atoms with Gasteiger partial charge in [0.1, 0.15) is 0 Å². The van der Waals surface area contributed by atoms with Crippen LogP contribution in [0.4, 0.5) is 5.69 Å². The SMILES string of the molecule is CCc1ccc(Oc2nc(Cl)ncc2C)c([N+](=O)[O-])c1. The molecule has 2 aromatic rings. The monoisotopic (exact) mass is 293 g/mol. The van der Waals surface area contributed by atoms with Crippen LogP contribution in [0.3, 0.4) is 0 Å². The molecule has 1 aromatic carbocycles. The highest BCUT2D eigenvalue weighted by molar-refractivity contribution is 6.28. The second-order valence-corrected chi connectivity index (χ2v) is 4.48. The van der Waals surface area contributed by atoms with Crippen molar-refractivity contribution in [2.45, 2.75) is 20.3 Å². The molecule has 0 N–H and O–H groups in total. The van der Waals surface area contributed by atoms with Gasteiger partial charge in [-0.1, -0.05) is 13.0 Å². The van der Waals surface area contributed by atoms with Gasteiger partial charge in [-0.25, -0.2) is 4.98 Å². The predicted molar refractivity (Wildman–Crippen MR) is 74.3 cm³/mol. The van der Waals surface area contributed by atoms with Gasteiger partial charge in [-0.3, -0.25) is 10.1 Å². The number of benzene rings is 1. The van der Waals surface area contributed by atoms with E-state index in [-0.39, 0.29) is 22.6 Å². The summed E-state index contributed by atoms with van der Waals surface area (Å²) in [6.07, 6.45) is 2.20. The summed E-state index contributed by atoms with van der Waals surface area (Å²) in [5.74, 6) is 0.336. The molecule has 7 heteroatoms. The molecule has 0 bridgehead atoms. The van der Waals surface area contributed by atoms with Crippen LogP contribution in [0.1, 0.15) is 18.1 Å². The van der Waals surface area contributed by atoms with Crippen molar-refractivity contribution in [3.05, 3.63) is 50.9 Å². The Morgan fingerprint density at radius 1 is 1.45 bits per heavy atom. The van der Waals surface area contributed by atoms with E-state index in [2.05, 4.69) is 9.97 Å². The summed E-state index contributed by atoms with van der Waals surface area (Å²) in [6.45, 7) is 3.66. The van der Waals surface area contributed by atoms with Gasteiger partial charge < -0.3 is 4.74 Å². The maximum atomic E-state index is 11.1. The fourth-order valence-corrected chi connectivity index (χ4v) is 1.75. The fourth-order valence-electron chi connectivity index (χ4n) is 1.63. The Bertz CT molecular complexity index is 661. The van der Waals surface area contributed by atoms with Crippen molar-refractivity contribution in [3.8, 4) is 11.6 Å². The molecule has 0 spiro atoms. The number of hydrogen-bond acceptors (Lipinski definition) is 5. The second-order valence-electron chi connectivity index (χ2n) is 4.14. The Hall–Kier alpha value is -2.21. The molecule has 0 fully saturated rings. The number of aryl methyl sites for hydroxylation is 2. The van der Waals surface area contributed by atoms with Crippen LogP contribution in [-0.4, -0.2) is 14.9 Å². The van der Waals surface area contributed by atoms with E-state index in [1.165, 1.54) is 12.3 Å². The number of hydrogen-bond donors (Lipinski definition) is 0. The number of nitro groups is 1. The number of nitro benzene ring substituents is 1. The van der Waals surface area contributed by atoms with E-state index in [9.17, 15) is 10.1 Å². The molecule has 104 valence electrons. The molecule has 0 aliphatic heterocycles. The second kappa shape index (κ2) is 5.83. The quantitative estimate of drug-likeness (QED) is 0.488. The zero-order valence-corrected chi connectivity index (χ0v) is 11.7. The Morgan fingerprint density at radius 3 is 2.85 bits per heavy atom. The van der Waals surface area contributed by atoms with Gasteiger partial charge in [0.05, 0.1) is 4.92 Å². The third kappa shape index (κ3) is 3.03. The molecule has 0 saturated carbocycles. The standard InChI is InChI=1S/C13H12ClN3O3/c1-3-9-4-5-11(10(6-9)17(18)19)20-12-8(2)7-15-13(14)16-12/h4-7H,3H2,1-2H3. The molecule has 1 aromatic heterocycles. The van der Waals surface area contributed by atoms with Gasteiger partial charge in [-0.15, -0.1) is 0 Å². The lowest BCUT2D eigenvalue weighted by Gasteiger charge is -2.08. The van der Waals surface area contributed by atoms with Gasteiger partial charge in [0, 0.05) is 17.8 Å². The molecule has 6 nitrogen and oxygen atoms in total. The van der Waals surface area contributed by atoms with Crippen LogP contribution in [0, 0.1) is 17.0 Å². The Balaban J connectivity index is 2.42. The third-order valence-electron chi connectivity index (χ3n) is 2.73. The summed E-state index contributed by atoms with van der Waals surface area (Å²) in [7, 11) is 0. The summed E-state index contributed by atoms with van der Waals surface area (Å²) >= 11 is 5.70. The van der Waals surface area contributed by atoms with Crippen LogP contribution in [-0.2, 0) is 6.42 Å². The van der Waals surface area contributed by atoms with E-state index in [0.717, 1.165) is 5.56 Å². The van der Waals surface area contributed by atoms with Crippen molar-refractivity contribution < 1.29 is 9.66 Å². The van der Waals surface area contributed by atoms with Crippen LogP contribution in [0.2, 0.25) is 5.28 Å². The molecule has 0 saturated heterocycles. The van der Waals surface area contributed by atoms with Crippen molar-refractivity contribution in [3.63, 3.8) is 0 Å². The summed E-state index contributed by atoms with van der Waals surface area (Å²) in [6, 6.07) is 4.83. The highest BCUT2D eigenvalue weighted by Crippen LogP contribution is 2.32. The average Bonchev–Trinajstić information content (AvgIpc) is 2.43. The first-order valence-corrected chi connectivity index (χ1v) is 6.33. The average molecular weight is 294 g/mol. The first-order chi connectivity index (χ1) is 9.51. The molecule has 1 heterocycles. The van der Waals surface area contributed by atoms with E-state index in [1.54, 1.807) is 19.1 Å². The first-order valence-electron chi connectivity index (χ1n) is 5.95. The number of halogens is 1. The molecule has 20 heavy (non-hydrogen) atoms. The lowest BCUT2D eigenvalue weighted by Crippen LogP contribution is -1.98. The van der Waals surface area contributed by atoms with Crippen molar-refractivity contribution >= 4 is 17.3 Å². The molecule has 0 atom stereocenters. The normalized spacial score (nSPS) is 10.3. The van der Waals surface area contributed by atoms with Crippen LogP contribution in [0.5, 0.6) is 11.6 Å². The molecule has 0 aliphatic carbocycles. The fraction of sp³-hybridized carbons (Fsp3) is 0.231. The van der Waals surface area contributed by atoms with Gasteiger partial charge in [0.15, 0.2) is 0 Å². The van der Waals surface area contributed by atoms with Crippen LogP contribution in [0.25, 0.3) is 0 Å². The molecule has 0 unspecified atom stereocenters. The largest absolute Gasteiger partial charge is 0.431 e. The maximum absolute atomic E-state index is 11.1. The van der Waals surface area contributed by atoms with Crippen LogP contribution >= 0.6 is 11.6 Å². The number of nitrogens with zero attached hydrogens (tertiary/aromatic N) is 3. The van der Waals surface area contributed by atoms with Crippen molar-refractivity contribution in [1.29, 1.82) is 0 Å². The number of ether oxygens (including phenoxy) is 1. The van der Waals surface area contributed by atoms with Crippen molar-refractivity contribution in [2.75, 3.05) is 0 Å². The lowest BCUT2D eigenvalue weighted by atomic mass is 10.1. The number of aromatic nitrogens is 2. The highest BCUT2D eigenvalue weighted by Gasteiger charge is 2.18. The molecule has 0 aliphatic rings. The molecule has 2 rings (SSSR count). The molecular formula is C13H12ClN3O3. The van der Waals surface area contributed by atoms with Crippen LogP contribution < -0.4 is 4.74 Å². The molecule has 0 amide bonds. The lowest BCUT2D eigenvalue weighted by molar-refractivity contribution is -0.385. The minimum atomic E-state index is -0.480. The zero-order valence-electron chi connectivity index (χ0n) is 11.0. The van der Waals surface area contributed by atoms with Gasteiger partial charge in [0.25, 0.3) is 0 Å². The van der Waals surface area contributed by atoms with Gasteiger partial charge in [0.2, 0.25) is 16.9 Å². The maximum Gasteiger partial charge on any atom is 0.311 e. The highest BCUT2D eigenvalue weighted by atomic mass is 35.5. The van der Waals surface area contributed by atoms with Crippen molar-refractivity contribution in [1.82, 2.24) is 9.97 Å². The summed E-state index contributed by atoms with van der Waals surface area (Å²) in [4.78, 5) is 18.3. The van der Waals surface area contributed by atoms with Gasteiger partial charge in [-0.2, -0.15) is 4.98 Å². The predicted octanol–water partition coefficient (Wildman–Crippen LogP) is 3.70. The van der Waals surface area contributed by atoms with Crippen LogP contribution in [0.15, 0.2) is 24.4 Å². The Kier molecular flexibility index (Phi) is 4.14. The third-order valence-corrected chi connectivity index (χ3v) is 2.91. The van der Waals surface area contributed by atoms with E-state index in [0.29, 0.717) is 12.0 Å². The minimum Gasteiger partial charge on any atom is -0.431 e. The topological polar surface area (TPSA) is 78.2 Å². The summed E-state index contributed by atoms with van der Waals surface area (Å²) in [5.41, 5.74) is 1.41. The summed E-state index contributed by atoms with van der Waals surface area (Å²) < 4.78 is 5.50. The first kappa shape index (κ1) is 14.2. The summed E-state index contributed by atoms with van der Waals surface area (Å²) in [5, 5.41) is 11.1. The Labute approximate surface area is 120 Å².